The van der Waals surface area contributed by atoms with E-state index in [4.69, 9.17) is 11.6 Å². The van der Waals surface area contributed by atoms with Gasteiger partial charge in [0.1, 0.15) is 0 Å². The van der Waals surface area contributed by atoms with Crippen LogP contribution in [-0.2, 0) is 19.6 Å². The highest BCUT2D eigenvalue weighted by Crippen LogP contribution is 2.26. The van der Waals surface area contributed by atoms with Gasteiger partial charge < -0.3 is 4.90 Å². The maximum Gasteiger partial charge on any atom is 0.223 e. The van der Waals surface area contributed by atoms with Crippen molar-refractivity contribution in [3.05, 3.63) is 40.9 Å². The number of carbonyl (C=O) groups is 2. The molecule has 2 fully saturated rings. The summed E-state index contributed by atoms with van der Waals surface area (Å²) in [5, 5.41) is 0.335. The molecule has 164 valence electrons. The van der Waals surface area contributed by atoms with E-state index in [0.717, 1.165) is 37.7 Å². The molecule has 8 heteroatoms. The van der Waals surface area contributed by atoms with Crippen LogP contribution >= 0.6 is 11.6 Å². The summed E-state index contributed by atoms with van der Waals surface area (Å²) in [6.45, 7) is 1.45. The van der Waals surface area contributed by atoms with Crippen LogP contribution in [0.3, 0.4) is 0 Å². The average molecular weight is 453 g/mol. The van der Waals surface area contributed by atoms with Gasteiger partial charge in [-0.1, -0.05) is 49.1 Å². The number of allylic oxidation sites excluding steroid dienone is 1. The van der Waals surface area contributed by atoms with Crippen LogP contribution in [0.4, 0.5) is 0 Å². The SMILES string of the molecule is O=C(/C=C/c1cccc(Cl)c1)CCC(=O)N1CCN(S(=O)(=O)C2CCCCC2)CC1. The molecule has 1 aromatic carbocycles. The Hall–Kier alpha value is -1.70. The van der Waals surface area contributed by atoms with Crippen LogP contribution in [0, 0.1) is 0 Å². The second-order valence-corrected chi connectivity index (χ2v) is 10.6. The second kappa shape index (κ2) is 10.6. The summed E-state index contributed by atoms with van der Waals surface area (Å²) >= 11 is 5.92. The largest absolute Gasteiger partial charge is 0.340 e. The van der Waals surface area contributed by atoms with E-state index in [0.29, 0.717) is 31.2 Å². The quantitative estimate of drug-likeness (QED) is 0.593. The van der Waals surface area contributed by atoms with Gasteiger partial charge in [0.2, 0.25) is 15.9 Å². The van der Waals surface area contributed by atoms with Gasteiger partial charge in [0.15, 0.2) is 5.78 Å². The van der Waals surface area contributed by atoms with Gasteiger partial charge in [0.05, 0.1) is 5.25 Å². The van der Waals surface area contributed by atoms with Crippen LogP contribution in [0.15, 0.2) is 30.3 Å². The van der Waals surface area contributed by atoms with E-state index in [9.17, 15) is 18.0 Å². The Morgan fingerprint density at radius 1 is 1.03 bits per heavy atom. The minimum atomic E-state index is -3.27. The van der Waals surface area contributed by atoms with E-state index in [-0.39, 0.29) is 29.8 Å². The van der Waals surface area contributed by atoms with Crippen molar-refractivity contribution in [3.8, 4) is 0 Å². The van der Waals surface area contributed by atoms with Gasteiger partial charge in [-0.3, -0.25) is 9.59 Å². The molecule has 0 spiro atoms. The molecule has 0 bridgehead atoms. The molecule has 3 rings (SSSR count). The lowest BCUT2D eigenvalue weighted by atomic mass is 10.0. The van der Waals surface area contributed by atoms with Gasteiger partial charge in [0, 0.05) is 44.0 Å². The third-order valence-electron chi connectivity index (χ3n) is 5.82. The van der Waals surface area contributed by atoms with Crippen LogP contribution < -0.4 is 0 Å². The summed E-state index contributed by atoms with van der Waals surface area (Å²) in [4.78, 5) is 26.2. The van der Waals surface area contributed by atoms with Crippen molar-refractivity contribution in [2.75, 3.05) is 26.2 Å². The van der Waals surface area contributed by atoms with Gasteiger partial charge in [-0.2, -0.15) is 4.31 Å². The molecule has 1 aromatic rings. The van der Waals surface area contributed by atoms with E-state index in [1.165, 1.54) is 6.08 Å². The lowest BCUT2D eigenvalue weighted by Gasteiger charge is -2.36. The Morgan fingerprint density at radius 2 is 1.73 bits per heavy atom. The first-order valence-electron chi connectivity index (χ1n) is 10.6. The summed E-state index contributed by atoms with van der Waals surface area (Å²) in [6, 6.07) is 7.18. The molecule has 1 aliphatic carbocycles. The number of piperazine rings is 1. The molecule has 1 amide bonds. The lowest BCUT2D eigenvalue weighted by molar-refractivity contribution is -0.133. The molecule has 1 saturated heterocycles. The minimum absolute atomic E-state index is 0.103. The maximum absolute atomic E-state index is 12.8. The highest BCUT2D eigenvalue weighted by molar-refractivity contribution is 7.89. The number of nitrogens with zero attached hydrogens (tertiary/aromatic N) is 2. The molecule has 1 saturated carbocycles. The molecule has 2 aliphatic rings. The number of halogens is 1. The van der Waals surface area contributed by atoms with E-state index < -0.39 is 10.0 Å². The van der Waals surface area contributed by atoms with E-state index in [2.05, 4.69) is 0 Å². The second-order valence-electron chi connectivity index (χ2n) is 7.94. The van der Waals surface area contributed by atoms with Crippen molar-refractivity contribution in [2.24, 2.45) is 0 Å². The lowest BCUT2D eigenvalue weighted by Crippen LogP contribution is -2.52. The summed E-state index contributed by atoms with van der Waals surface area (Å²) in [7, 11) is -3.27. The zero-order valence-electron chi connectivity index (χ0n) is 17.1. The molecule has 1 heterocycles. The van der Waals surface area contributed by atoms with Gasteiger partial charge in [-0.05, 0) is 36.6 Å². The smallest absolute Gasteiger partial charge is 0.223 e. The van der Waals surface area contributed by atoms with Gasteiger partial charge in [-0.15, -0.1) is 0 Å². The number of amides is 1. The monoisotopic (exact) mass is 452 g/mol. The van der Waals surface area contributed by atoms with Gasteiger partial charge in [-0.25, -0.2) is 8.42 Å². The third-order valence-corrected chi connectivity index (χ3v) is 8.45. The van der Waals surface area contributed by atoms with E-state index >= 15 is 0 Å². The van der Waals surface area contributed by atoms with Crippen LogP contribution in [0.5, 0.6) is 0 Å². The summed E-state index contributed by atoms with van der Waals surface area (Å²) in [5.41, 5.74) is 0.831. The number of carbonyl (C=O) groups excluding carboxylic acids is 2. The zero-order valence-corrected chi connectivity index (χ0v) is 18.7. The Morgan fingerprint density at radius 3 is 2.40 bits per heavy atom. The van der Waals surface area contributed by atoms with Crippen LogP contribution in [0.25, 0.3) is 6.08 Å². The van der Waals surface area contributed by atoms with Crippen molar-refractivity contribution in [2.45, 2.75) is 50.2 Å². The number of benzene rings is 1. The molecule has 0 aromatic heterocycles. The normalized spacial score (nSPS) is 19.3. The van der Waals surface area contributed by atoms with Crippen LogP contribution in [0.1, 0.15) is 50.5 Å². The predicted octanol–water partition coefficient (Wildman–Crippen LogP) is 3.51. The molecule has 0 atom stereocenters. The predicted molar refractivity (Wildman–Crippen MR) is 119 cm³/mol. The Kier molecular flexibility index (Phi) is 8.08. The third kappa shape index (κ3) is 6.15. The highest BCUT2D eigenvalue weighted by atomic mass is 35.5. The number of rotatable bonds is 7. The number of hydrogen-bond donors (Lipinski definition) is 0. The van der Waals surface area contributed by atoms with E-state index in [1.807, 2.05) is 12.1 Å². The van der Waals surface area contributed by atoms with Gasteiger partial charge >= 0.3 is 0 Å². The Labute approximate surface area is 183 Å². The fourth-order valence-corrected chi connectivity index (χ4v) is 6.26. The minimum Gasteiger partial charge on any atom is -0.340 e. The molecule has 0 N–H and O–H groups in total. The number of sulfonamides is 1. The summed E-state index contributed by atoms with van der Waals surface area (Å²) in [5.74, 6) is -0.226. The molecular weight excluding hydrogens is 424 g/mol. The molecule has 1 aliphatic heterocycles. The molecule has 0 radical (unpaired) electrons. The molecule has 0 unspecified atom stereocenters. The first kappa shape index (κ1) is 23.0. The van der Waals surface area contributed by atoms with Crippen molar-refractivity contribution < 1.29 is 18.0 Å². The number of hydrogen-bond acceptors (Lipinski definition) is 4. The van der Waals surface area contributed by atoms with Crippen molar-refractivity contribution in [1.29, 1.82) is 0 Å². The van der Waals surface area contributed by atoms with Crippen LogP contribution in [-0.4, -0.2) is 60.7 Å². The number of ketones is 1. The van der Waals surface area contributed by atoms with Crippen molar-refractivity contribution >= 4 is 39.4 Å². The Balaban J connectivity index is 1.43. The highest BCUT2D eigenvalue weighted by Gasteiger charge is 2.35. The topological polar surface area (TPSA) is 74.8 Å². The van der Waals surface area contributed by atoms with Crippen LogP contribution in [0.2, 0.25) is 5.02 Å². The molecule has 30 heavy (non-hydrogen) atoms. The maximum atomic E-state index is 12.8. The van der Waals surface area contributed by atoms with Crippen molar-refractivity contribution in [3.63, 3.8) is 0 Å². The zero-order chi connectivity index (χ0) is 21.6. The first-order chi connectivity index (χ1) is 14.4. The summed E-state index contributed by atoms with van der Waals surface area (Å²) in [6.07, 6.45) is 7.97. The van der Waals surface area contributed by atoms with E-state index in [1.54, 1.807) is 27.4 Å². The summed E-state index contributed by atoms with van der Waals surface area (Å²) < 4.78 is 27.2. The molecular formula is C22H29ClN2O4S. The Bertz CT molecular complexity index is 886. The fourth-order valence-electron chi connectivity index (χ4n) is 4.04. The fraction of sp³-hybridized carbons (Fsp3) is 0.545. The van der Waals surface area contributed by atoms with Gasteiger partial charge in [0.25, 0.3) is 0 Å². The van der Waals surface area contributed by atoms with Crippen molar-refractivity contribution in [1.82, 2.24) is 9.21 Å². The molecule has 6 nitrogen and oxygen atoms in total. The standard InChI is InChI=1S/C22H29ClN2O4S/c23-19-6-4-5-18(17-19)9-10-20(26)11-12-22(27)24-13-15-25(16-14-24)30(28,29)21-7-2-1-3-8-21/h4-6,9-10,17,21H,1-3,7-8,11-16H2/b10-9+. The average Bonchev–Trinajstić information content (AvgIpc) is 2.77. The first-order valence-corrected chi connectivity index (χ1v) is 12.5.